The summed E-state index contributed by atoms with van der Waals surface area (Å²) in [5.74, 6) is 0.310. The Morgan fingerprint density at radius 3 is 2.64 bits per heavy atom. The second-order valence-corrected chi connectivity index (χ2v) is 6.34. The predicted molar refractivity (Wildman–Crippen MR) is 96.7 cm³/mol. The van der Waals surface area contributed by atoms with Crippen molar-refractivity contribution >= 4 is 17.7 Å². The van der Waals surface area contributed by atoms with Crippen molar-refractivity contribution in [2.24, 2.45) is 0 Å². The Balaban J connectivity index is 1.69. The minimum absolute atomic E-state index is 0.170. The van der Waals surface area contributed by atoms with Crippen LogP contribution in [0.4, 0.5) is 10.5 Å². The SMILES string of the molecule is Cc1ccc(C)c(NC(=O)[C@H]2CCCN2C(=O)Oc2ccccc2)c1. The zero-order chi connectivity index (χ0) is 17.8. The van der Waals surface area contributed by atoms with E-state index < -0.39 is 12.1 Å². The number of para-hydroxylation sites is 1. The lowest BCUT2D eigenvalue weighted by Crippen LogP contribution is -2.44. The molecule has 1 aliphatic rings. The summed E-state index contributed by atoms with van der Waals surface area (Å²) in [5, 5.41) is 2.95. The molecule has 25 heavy (non-hydrogen) atoms. The molecule has 130 valence electrons. The number of anilines is 1. The Hall–Kier alpha value is -2.82. The highest BCUT2D eigenvalue weighted by atomic mass is 16.6. The molecule has 2 amide bonds. The zero-order valence-electron chi connectivity index (χ0n) is 14.5. The van der Waals surface area contributed by atoms with Gasteiger partial charge in [0.05, 0.1) is 0 Å². The third kappa shape index (κ3) is 3.99. The Labute approximate surface area is 147 Å². The van der Waals surface area contributed by atoms with Gasteiger partial charge in [0.15, 0.2) is 0 Å². The highest BCUT2D eigenvalue weighted by Gasteiger charge is 2.35. The summed E-state index contributed by atoms with van der Waals surface area (Å²) >= 11 is 0. The average Bonchev–Trinajstić information content (AvgIpc) is 3.09. The Morgan fingerprint density at radius 2 is 1.88 bits per heavy atom. The maximum atomic E-state index is 12.7. The van der Waals surface area contributed by atoms with E-state index in [1.165, 1.54) is 4.90 Å². The molecule has 1 N–H and O–H groups in total. The molecule has 2 aromatic carbocycles. The highest BCUT2D eigenvalue weighted by Crippen LogP contribution is 2.23. The fourth-order valence-electron chi connectivity index (χ4n) is 2.99. The van der Waals surface area contributed by atoms with Gasteiger partial charge < -0.3 is 10.1 Å². The van der Waals surface area contributed by atoms with Crippen molar-refractivity contribution in [2.75, 3.05) is 11.9 Å². The van der Waals surface area contributed by atoms with Gasteiger partial charge in [-0.2, -0.15) is 0 Å². The van der Waals surface area contributed by atoms with Gasteiger partial charge in [-0.25, -0.2) is 4.79 Å². The number of aryl methyl sites for hydroxylation is 2. The molecule has 0 bridgehead atoms. The molecule has 0 saturated carbocycles. The number of carbonyl (C=O) groups is 2. The number of likely N-dealkylation sites (tertiary alicyclic amines) is 1. The first-order valence-corrected chi connectivity index (χ1v) is 8.46. The Kier molecular flexibility index (Phi) is 5.03. The number of hydrogen-bond donors (Lipinski definition) is 1. The van der Waals surface area contributed by atoms with Crippen molar-refractivity contribution in [1.29, 1.82) is 0 Å². The fraction of sp³-hybridized carbons (Fsp3) is 0.300. The van der Waals surface area contributed by atoms with Crippen LogP contribution in [0.1, 0.15) is 24.0 Å². The van der Waals surface area contributed by atoms with Crippen molar-refractivity contribution in [3.05, 3.63) is 59.7 Å². The average molecular weight is 338 g/mol. The molecule has 1 aliphatic heterocycles. The van der Waals surface area contributed by atoms with E-state index in [0.29, 0.717) is 18.7 Å². The van der Waals surface area contributed by atoms with E-state index in [1.807, 2.05) is 38.1 Å². The summed E-state index contributed by atoms with van der Waals surface area (Å²) < 4.78 is 5.38. The predicted octanol–water partition coefficient (Wildman–Crippen LogP) is 3.91. The quantitative estimate of drug-likeness (QED) is 0.923. The van der Waals surface area contributed by atoms with Crippen LogP contribution in [0.3, 0.4) is 0 Å². The summed E-state index contributed by atoms with van der Waals surface area (Å²) in [5.41, 5.74) is 2.86. The Morgan fingerprint density at radius 1 is 1.12 bits per heavy atom. The van der Waals surface area contributed by atoms with E-state index in [-0.39, 0.29) is 5.91 Å². The maximum absolute atomic E-state index is 12.7. The Bertz CT molecular complexity index is 774. The van der Waals surface area contributed by atoms with Gasteiger partial charge in [0.1, 0.15) is 11.8 Å². The second kappa shape index (κ2) is 7.38. The number of hydrogen-bond acceptors (Lipinski definition) is 3. The van der Waals surface area contributed by atoms with E-state index in [9.17, 15) is 9.59 Å². The minimum atomic E-state index is -0.504. The van der Waals surface area contributed by atoms with Gasteiger partial charge in [0.25, 0.3) is 0 Å². The van der Waals surface area contributed by atoms with Crippen LogP contribution in [-0.4, -0.2) is 29.5 Å². The molecule has 5 nitrogen and oxygen atoms in total. The maximum Gasteiger partial charge on any atom is 0.415 e. The van der Waals surface area contributed by atoms with Crippen LogP contribution in [-0.2, 0) is 4.79 Å². The van der Waals surface area contributed by atoms with Gasteiger partial charge in [-0.3, -0.25) is 9.69 Å². The lowest BCUT2D eigenvalue weighted by molar-refractivity contribution is -0.119. The minimum Gasteiger partial charge on any atom is -0.410 e. The monoisotopic (exact) mass is 338 g/mol. The van der Waals surface area contributed by atoms with Crippen LogP contribution in [0.25, 0.3) is 0 Å². The largest absolute Gasteiger partial charge is 0.415 e. The van der Waals surface area contributed by atoms with E-state index in [0.717, 1.165) is 23.2 Å². The van der Waals surface area contributed by atoms with Crippen LogP contribution >= 0.6 is 0 Å². The van der Waals surface area contributed by atoms with E-state index >= 15 is 0 Å². The molecular weight excluding hydrogens is 316 g/mol. The first kappa shape index (κ1) is 17.0. The second-order valence-electron chi connectivity index (χ2n) is 6.34. The number of nitrogens with one attached hydrogen (secondary N) is 1. The summed E-state index contributed by atoms with van der Waals surface area (Å²) in [6.45, 7) is 4.45. The number of benzene rings is 2. The van der Waals surface area contributed by atoms with Crippen molar-refractivity contribution < 1.29 is 14.3 Å². The fourth-order valence-corrected chi connectivity index (χ4v) is 2.99. The molecule has 1 fully saturated rings. The normalized spacial score (nSPS) is 16.6. The van der Waals surface area contributed by atoms with Crippen molar-refractivity contribution in [3.63, 3.8) is 0 Å². The van der Waals surface area contributed by atoms with Crippen molar-refractivity contribution in [3.8, 4) is 5.75 Å². The van der Waals surface area contributed by atoms with Gasteiger partial charge in [-0.1, -0.05) is 30.3 Å². The van der Waals surface area contributed by atoms with E-state index in [4.69, 9.17) is 4.74 Å². The van der Waals surface area contributed by atoms with Crippen LogP contribution in [0.2, 0.25) is 0 Å². The number of rotatable bonds is 3. The number of carbonyl (C=O) groups excluding carboxylic acids is 2. The molecule has 3 rings (SSSR count). The first-order valence-electron chi connectivity index (χ1n) is 8.46. The molecule has 0 radical (unpaired) electrons. The number of ether oxygens (including phenoxy) is 1. The molecule has 1 heterocycles. The molecule has 2 aromatic rings. The van der Waals surface area contributed by atoms with Gasteiger partial charge in [0, 0.05) is 12.2 Å². The summed E-state index contributed by atoms with van der Waals surface area (Å²) in [7, 11) is 0. The summed E-state index contributed by atoms with van der Waals surface area (Å²) in [4.78, 5) is 26.6. The van der Waals surface area contributed by atoms with Gasteiger partial charge in [0.2, 0.25) is 5.91 Å². The van der Waals surface area contributed by atoms with E-state index in [1.54, 1.807) is 24.3 Å². The van der Waals surface area contributed by atoms with Gasteiger partial charge in [-0.15, -0.1) is 0 Å². The summed E-state index contributed by atoms with van der Waals surface area (Å²) in [6, 6.07) is 14.3. The first-order chi connectivity index (χ1) is 12.0. The topological polar surface area (TPSA) is 58.6 Å². The number of amides is 2. The van der Waals surface area contributed by atoms with Crippen LogP contribution in [0.5, 0.6) is 5.75 Å². The molecule has 1 atom stereocenters. The van der Waals surface area contributed by atoms with Crippen molar-refractivity contribution in [2.45, 2.75) is 32.7 Å². The third-order valence-corrected chi connectivity index (χ3v) is 4.39. The molecule has 0 aliphatic carbocycles. The van der Waals surface area contributed by atoms with Crippen LogP contribution in [0, 0.1) is 13.8 Å². The summed E-state index contributed by atoms with van der Waals surface area (Å²) in [6.07, 6.45) is 0.944. The lowest BCUT2D eigenvalue weighted by atomic mass is 10.1. The molecule has 0 aromatic heterocycles. The van der Waals surface area contributed by atoms with Crippen LogP contribution < -0.4 is 10.1 Å². The van der Waals surface area contributed by atoms with Crippen LogP contribution in [0.15, 0.2) is 48.5 Å². The number of nitrogens with zero attached hydrogens (tertiary/aromatic N) is 1. The molecule has 0 spiro atoms. The van der Waals surface area contributed by atoms with Gasteiger partial charge >= 0.3 is 6.09 Å². The van der Waals surface area contributed by atoms with Gasteiger partial charge in [-0.05, 0) is 56.0 Å². The highest BCUT2D eigenvalue weighted by molar-refractivity contribution is 5.97. The smallest absolute Gasteiger partial charge is 0.410 e. The molecular formula is C20H22N2O3. The lowest BCUT2D eigenvalue weighted by Gasteiger charge is -2.23. The van der Waals surface area contributed by atoms with Crippen molar-refractivity contribution in [1.82, 2.24) is 4.90 Å². The molecule has 1 saturated heterocycles. The molecule has 0 unspecified atom stereocenters. The standard InChI is InChI=1S/C20H22N2O3/c1-14-10-11-15(2)17(13-14)21-19(23)18-9-6-12-22(18)20(24)25-16-7-4-3-5-8-16/h3-5,7-8,10-11,13,18H,6,9,12H2,1-2H3,(H,21,23)/t18-/m1/s1. The zero-order valence-corrected chi connectivity index (χ0v) is 14.5. The van der Waals surface area contributed by atoms with E-state index in [2.05, 4.69) is 5.32 Å². The third-order valence-electron chi connectivity index (χ3n) is 4.39. The molecule has 5 heteroatoms.